The number of rotatable bonds is 7. The summed E-state index contributed by atoms with van der Waals surface area (Å²) < 4.78 is 91.6. The maximum absolute atomic E-state index is 13.3. The molecule has 0 radical (unpaired) electrons. The number of fused-ring (bicyclic) bond motifs is 1. The van der Waals surface area contributed by atoms with Crippen molar-refractivity contribution in [2.24, 2.45) is 7.05 Å². The fraction of sp³-hybridized carbons (Fsp3) is 0.143. The summed E-state index contributed by atoms with van der Waals surface area (Å²) in [7, 11) is -3.38. The highest BCUT2D eigenvalue weighted by Crippen LogP contribution is 2.37. The number of halogens is 4. The zero-order valence-corrected chi connectivity index (χ0v) is 24.3. The lowest BCUT2D eigenvalue weighted by Crippen LogP contribution is -2.40. The van der Waals surface area contributed by atoms with Crippen LogP contribution in [0.4, 0.5) is 17.6 Å². The summed E-state index contributed by atoms with van der Waals surface area (Å²) >= 11 is 1.07. The smallest absolute Gasteiger partial charge is 0.431 e. The molecule has 228 valence electrons. The second-order valence-electron chi connectivity index (χ2n) is 9.53. The van der Waals surface area contributed by atoms with E-state index < -0.39 is 51.5 Å². The third kappa shape index (κ3) is 5.98. The van der Waals surface area contributed by atoms with Crippen LogP contribution in [0.25, 0.3) is 27.0 Å². The Morgan fingerprint density at radius 1 is 1.02 bits per heavy atom. The Balaban J connectivity index is 1.48. The van der Waals surface area contributed by atoms with Crippen LogP contribution in [0.3, 0.4) is 0 Å². The summed E-state index contributed by atoms with van der Waals surface area (Å²) in [5, 5.41) is 0.431. The number of hydrogen-bond donors (Lipinski definition) is 1. The van der Waals surface area contributed by atoms with Gasteiger partial charge in [-0.2, -0.15) is 17.5 Å². The first-order valence-electron chi connectivity index (χ1n) is 12.5. The molecule has 2 heterocycles. The van der Waals surface area contributed by atoms with E-state index >= 15 is 0 Å². The Hall–Kier alpha value is -4.83. The molecule has 0 bridgehead atoms. The van der Waals surface area contributed by atoms with Gasteiger partial charge in [-0.1, -0.05) is 11.6 Å². The first kappa shape index (κ1) is 30.6. The number of aromatic nitrogens is 3. The number of benzene rings is 3. The van der Waals surface area contributed by atoms with Gasteiger partial charge in [0.25, 0.3) is 21.5 Å². The normalized spacial score (nSPS) is 12.0. The lowest BCUT2D eigenvalue weighted by Gasteiger charge is -2.14. The molecule has 0 aliphatic rings. The minimum atomic E-state index is -4.91. The topological polar surface area (TPSA) is 129 Å². The Morgan fingerprint density at radius 2 is 1.73 bits per heavy atom. The summed E-state index contributed by atoms with van der Waals surface area (Å²) in [6, 6.07) is 13.5. The van der Waals surface area contributed by atoms with Crippen molar-refractivity contribution in [2.75, 3.05) is 6.61 Å². The van der Waals surface area contributed by atoms with Gasteiger partial charge in [-0.15, -0.1) is 0 Å². The van der Waals surface area contributed by atoms with Crippen molar-refractivity contribution < 1.29 is 35.5 Å². The van der Waals surface area contributed by atoms with Gasteiger partial charge in [0.2, 0.25) is 0 Å². The highest BCUT2D eigenvalue weighted by atomic mass is 32.2. The van der Waals surface area contributed by atoms with Gasteiger partial charge >= 0.3 is 11.9 Å². The summed E-state index contributed by atoms with van der Waals surface area (Å²) in [4.78, 5) is 37.7. The van der Waals surface area contributed by atoms with E-state index in [0.29, 0.717) is 36.5 Å². The van der Waals surface area contributed by atoms with Crippen molar-refractivity contribution in [1.82, 2.24) is 18.2 Å². The number of ether oxygens (including phenoxy) is 1. The lowest BCUT2D eigenvalue weighted by atomic mass is 10.0. The van der Waals surface area contributed by atoms with Crippen molar-refractivity contribution in [1.29, 1.82) is 0 Å². The first-order valence-corrected chi connectivity index (χ1v) is 14.8. The Morgan fingerprint density at radius 3 is 2.41 bits per heavy atom. The van der Waals surface area contributed by atoms with E-state index in [0.717, 1.165) is 48.4 Å². The molecule has 0 aliphatic carbocycles. The number of hydrogen-bond acceptors (Lipinski definition) is 8. The van der Waals surface area contributed by atoms with Crippen LogP contribution >= 0.6 is 11.5 Å². The van der Waals surface area contributed by atoms with E-state index in [-0.39, 0.29) is 16.3 Å². The molecular weight excluding hydrogens is 628 g/mol. The molecule has 5 rings (SSSR count). The Bertz CT molecular complexity index is 2150. The van der Waals surface area contributed by atoms with Gasteiger partial charge in [0.15, 0.2) is 6.61 Å². The van der Waals surface area contributed by atoms with E-state index in [4.69, 9.17) is 4.74 Å². The number of aryl methyl sites for hydroxylation is 1. The summed E-state index contributed by atoms with van der Waals surface area (Å²) in [6.45, 7) is 1.06. The highest BCUT2D eigenvalue weighted by molar-refractivity contribution is 7.90. The van der Waals surface area contributed by atoms with Crippen LogP contribution in [0.5, 0.6) is 5.75 Å². The number of nitrogens with zero attached hydrogens (tertiary/aromatic N) is 3. The van der Waals surface area contributed by atoms with Crippen molar-refractivity contribution >= 4 is 37.5 Å². The molecule has 3 aromatic carbocycles. The van der Waals surface area contributed by atoms with Crippen LogP contribution in [0, 0.1) is 12.7 Å². The predicted octanol–water partition coefficient (Wildman–Crippen LogP) is 4.16. The third-order valence-corrected chi connectivity index (χ3v) is 8.66. The van der Waals surface area contributed by atoms with Crippen molar-refractivity contribution in [3.63, 3.8) is 0 Å². The highest BCUT2D eigenvalue weighted by Gasteiger charge is 2.35. The lowest BCUT2D eigenvalue weighted by molar-refractivity contribution is -0.144. The molecule has 0 aliphatic heterocycles. The number of carbonyl (C=O) groups excluding carboxylic acids is 1. The van der Waals surface area contributed by atoms with Crippen LogP contribution < -0.4 is 20.7 Å². The number of nitrogens with one attached hydrogen (secondary N) is 1. The number of amides is 1. The van der Waals surface area contributed by atoms with Crippen LogP contribution in [0.1, 0.15) is 11.3 Å². The maximum Gasteiger partial charge on any atom is 0.431 e. The molecule has 0 saturated carbocycles. The Labute approximate surface area is 250 Å². The van der Waals surface area contributed by atoms with Gasteiger partial charge in [0, 0.05) is 24.1 Å². The van der Waals surface area contributed by atoms with E-state index in [1.807, 2.05) is 4.72 Å². The summed E-state index contributed by atoms with van der Waals surface area (Å²) in [5.41, 5.74) is -2.30. The molecule has 2 aromatic heterocycles. The van der Waals surface area contributed by atoms with Gasteiger partial charge in [0.05, 0.1) is 21.0 Å². The third-order valence-electron chi connectivity index (χ3n) is 6.44. The second kappa shape index (κ2) is 11.3. The fourth-order valence-corrected chi connectivity index (χ4v) is 6.09. The van der Waals surface area contributed by atoms with E-state index in [1.165, 1.54) is 18.2 Å². The number of sulfonamides is 1. The molecule has 44 heavy (non-hydrogen) atoms. The minimum absolute atomic E-state index is 0.00114. The molecule has 0 spiro atoms. The molecule has 5 aromatic rings. The van der Waals surface area contributed by atoms with E-state index in [2.05, 4.69) is 4.37 Å². The van der Waals surface area contributed by atoms with E-state index in [1.54, 1.807) is 25.1 Å². The summed E-state index contributed by atoms with van der Waals surface area (Å²) in [6.07, 6.45) is -4.91. The van der Waals surface area contributed by atoms with Crippen LogP contribution in [-0.4, -0.2) is 34.4 Å². The van der Waals surface area contributed by atoms with Crippen molar-refractivity contribution in [3.05, 3.63) is 105 Å². The molecule has 1 N–H and O–H groups in total. The van der Waals surface area contributed by atoms with E-state index in [9.17, 15) is 40.4 Å². The zero-order chi connectivity index (χ0) is 32.0. The summed E-state index contributed by atoms with van der Waals surface area (Å²) in [5.74, 6) is -1.52. The largest absolute Gasteiger partial charge is 0.483 e. The molecule has 0 atom stereocenters. The van der Waals surface area contributed by atoms with Gasteiger partial charge < -0.3 is 4.74 Å². The monoisotopic (exact) mass is 648 g/mol. The average Bonchev–Trinajstić information content (AvgIpc) is 3.37. The van der Waals surface area contributed by atoms with Crippen LogP contribution in [0.2, 0.25) is 0 Å². The quantitative estimate of drug-likeness (QED) is 0.263. The Kier molecular flexibility index (Phi) is 7.90. The molecular formula is C28H20F4N4O6S2. The predicted molar refractivity (Wildman–Crippen MR) is 153 cm³/mol. The average molecular weight is 649 g/mol. The zero-order valence-electron chi connectivity index (χ0n) is 22.7. The van der Waals surface area contributed by atoms with Crippen LogP contribution in [-0.2, 0) is 28.0 Å². The second-order valence-corrected chi connectivity index (χ2v) is 12.0. The molecule has 16 heteroatoms. The van der Waals surface area contributed by atoms with Gasteiger partial charge in [-0.05, 0) is 73.1 Å². The number of alkyl halides is 3. The molecule has 0 unspecified atom stereocenters. The molecule has 1 amide bonds. The minimum Gasteiger partial charge on any atom is -0.483 e. The van der Waals surface area contributed by atoms with Crippen molar-refractivity contribution in [2.45, 2.75) is 18.0 Å². The SMILES string of the molecule is Cc1ccc(OCC(=O)NS(=O)(=O)c2ccc(F)cc2)c(-c2nsc3ccc(-n4c(=O)cc(C(F)(F)F)n(C)c4=O)cc23)c1. The molecule has 0 saturated heterocycles. The fourth-order valence-electron chi connectivity index (χ4n) is 4.35. The first-order chi connectivity index (χ1) is 20.7. The maximum atomic E-state index is 13.3. The van der Waals surface area contributed by atoms with Crippen molar-refractivity contribution in [3.8, 4) is 22.7 Å². The van der Waals surface area contributed by atoms with Gasteiger partial charge in [-0.3, -0.25) is 14.2 Å². The molecule has 0 fully saturated rings. The standard InChI is InChI=1S/C28H20F4N4O6S2/c1-15-3-9-21(42-14-24(37)34-44(40,41)18-7-4-16(29)5-8-18)19(11-15)26-20-12-17(6-10-22(20)43-33-26)36-25(38)13-23(28(30,31)32)35(2)27(36)39/h3-13H,14H2,1-2H3,(H,34,37). The van der Waals surface area contributed by atoms with Crippen LogP contribution in [0.15, 0.2) is 81.2 Å². The van der Waals surface area contributed by atoms with Gasteiger partial charge in [0.1, 0.15) is 17.3 Å². The molecule has 10 nitrogen and oxygen atoms in total. The number of carbonyl (C=O) groups is 1. The van der Waals surface area contributed by atoms with Gasteiger partial charge in [-0.25, -0.2) is 26.9 Å².